The third kappa shape index (κ3) is 4.00. The molecule has 126 valence electrons. The molecule has 0 radical (unpaired) electrons. The van der Waals surface area contributed by atoms with Crippen molar-refractivity contribution >= 4 is 48.9 Å². The van der Waals surface area contributed by atoms with E-state index in [1.807, 2.05) is 12.2 Å². The van der Waals surface area contributed by atoms with Gasteiger partial charge in [0.15, 0.2) is 10.8 Å². The molecule has 2 aromatic rings. The number of halogens is 2. The molecule has 0 saturated heterocycles. The fourth-order valence-corrected chi connectivity index (χ4v) is 3.02. The van der Waals surface area contributed by atoms with Gasteiger partial charge in [-0.05, 0) is 6.42 Å². The van der Waals surface area contributed by atoms with Crippen molar-refractivity contribution in [3.05, 3.63) is 23.6 Å². The summed E-state index contributed by atoms with van der Waals surface area (Å²) in [5, 5.41) is 0.185. The number of phosphoric acid groups is 1. The molecule has 9 nitrogen and oxygen atoms in total. The third-order valence-electron chi connectivity index (χ3n) is 3.36. The van der Waals surface area contributed by atoms with Crippen LogP contribution in [0.5, 0.6) is 0 Å². The molecule has 2 heterocycles. The molecule has 0 bridgehead atoms. The topological polar surface area (TPSA) is 136 Å². The Kier molecular flexibility index (Phi) is 5.30. The van der Waals surface area contributed by atoms with Crippen molar-refractivity contribution in [3.8, 4) is 0 Å². The fraction of sp³-hybridized carbons (Fsp3) is 0.364. The molecule has 0 unspecified atom stereocenters. The van der Waals surface area contributed by atoms with E-state index in [2.05, 4.69) is 19.5 Å². The van der Waals surface area contributed by atoms with Crippen molar-refractivity contribution in [2.24, 2.45) is 5.92 Å². The minimum atomic E-state index is -4.46. The number of rotatable bonds is 4. The van der Waals surface area contributed by atoms with Crippen molar-refractivity contribution in [3.63, 3.8) is 0 Å². The van der Waals surface area contributed by atoms with Gasteiger partial charge in [0.2, 0.25) is 5.95 Å². The number of phosphoric ester groups is 1. The SMILES string of the molecule is Cl.Nc1nc(Cl)c2ncn([C@H]3C=C[C@@H](COP(=O)(O)O)C3)c2n1. The standard InChI is InChI=1S/C11H13ClN5O4P.ClH/c12-9-8-10(16-11(13)15-9)17(5-14-8)7-2-1-6(3-7)4-21-22(18,19)20;/h1-2,5-7H,3-4H2,(H2,13,15,16)(H2,18,19,20);1H/t6-,7+;/m1./s1. The maximum atomic E-state index is 10.7. The van der Waals surface area contributed by atoms with E-state index in [1.165, 1.54) is 0 Å². The predicted octanol–water partition coefficient (Wildman–Crippen LogP) is 1.71. The van der Waals surface area contributed by atoms with Gasteiger partial charge >= 0.3 is 7.82 Å². The summed E-state index contributed by atoms with van der Waals surface area (Å²) in [5.74, 6) is -0.0488. The van der Waals surface area contributed by atoms with Gasteiger partial charge in [0, 0.05) is 5.92 Å². The molecule has 1 aliphatic rings. The Balaban J connectivity index is 0.00000192. The van der Waals surface area contributed by atoms with Crippen molar-refractivity contribution in [1.29, 1.82) is 0 Å². The number of nitrogens with two attached hydrogens (primary N) is 1. The van der Waals surface area contributed by atoms with Crippen LogP contribution in [0.3, 0.4) is 0 Å². The summed E-state index contributed by atoms with van der Waals surface area (Å²) in [6.45, 7) is -0.0538. The summed E-state index contributed by atoms with van der Waals surface area (Å²) in [5.41, 5.74) is 6.58. The number of hydrogen-bond donors (Lipinski definition) is 3. The molecular formula is C11H14Cl2N5O4P. The van der Waals surface area contributed by atoms with Gasteiger partial charge in [-0.15, -0.1) is 12.4 Å². The smallest absolute Gasteiger partial charge is 0.368 e. The molecule has 0 saturated carbocycles. The van der Waals surface area contributed by atoms with Crippen LogP contribution in [0.15, 0.2) is 18.5 Å². The minimum absolute atomic E-state index is 0. The third-order valence-corrected chi connectivity index (χ3v) is 4.11. The van der Waals surface area contributed by atoms with Crippen molar-refractivity contribution < 1.29 is 18.9 Å². The van der Waals surface area contributed by atoms with Crippen LogP contribution in [0.2, 0.25) is 5.15 Å². The number of aromatic nitrogens is 4. The van der Waals surface area contributed by atoms with Gasteiger partial charge in [0.05, 0.1) is 19.0 Å². The molecular weight excluding hydrogens is 368 g/mol. The highest BCUT2D eigenvalue weighted by atomic mass is 35.5. The lowest BCUT2D eigenvalue weighted by atomic mass is 10.1. The maximum absolute atomic E-state index is 10.7. The van der Waals surface area contributed by atoms with Crippen molar-refractivity contribution in [2.75, 3.05) is 12.3 Å². The number of imidazole rings is 1. The second-order valence-corrected chi connectivity index (χ2v) is 6.53. The van der Waals surface area contributed by atoms with E-state index in [-0.39, 0.29) is 42.1 Å². The molecule has 12 heteroatoms. The first-order chi connectivity index (χ1) is 10.3. The second kappa shape index (κ2) is 6.72. The molecule has 4 N–H and O–H groups in total. The molecule has 0 fully saturated rings. The van der Waals surface area contributed by atoms with E-state index >= 15 is 0 Å². The summed E-state index contributed by atoms with van der Waals surface area (Å²) in [4.78, 5) is 29.6. The number of nitrogens with zero attached hydrogens (tertiary/aromatic N) is 4. The maximum Gasteiger partial charge on any atom is 0.469 e. The number of nitrogen functional groups attached to an aromatic ring is 1. The van der Waals surface area contributed by atoms with E-state index in [0.717, 1.165) is 0 Å². The van der Waals surface area contributed by atoms with Crippen LogP contribution < -0.4 is 5.73 Å². The molecule has 0 aromatic carbocycles. The van der Waals surface area contributed by atoms with Gasteiger partial charge in [-0.1, -0.05) is 23.8 Å². The van der Waals surface area contributed by atoms with Gasteiger partial charge in [-0.3, -0.25) is 4.52 Å². The first-order valence-corrected chi connectivity index (χ1v) is 8.28. The second-order valence-electron chi connectivity index (χ2n) is 4.93. The van der Waals surface area contributed by atoms with Crippen LogP contribution in [0.1, 0.15) is 12.5 Å². The largest absolute Gasteiger partial charge is 0.469 e. The van der Waals surface area contributed by atoms with Gasteiger partial charge in [-0.2, -0.15) is 9.97 Å². The highest BCUT2D eigenvalue weighted by molar-refractivity contribution is 7.46. The zero-order valence-electron chi connectivity index (χ0n) is 11.6. The molecule has 0 spiro atoms. The molecule has 2 atom stereocenters. The molecule has 2 aromatic heterocycles. The highest BCUT2D eigenvalue weighted by Crippen LogP contribution is 2.39. The molecule has 0 aliphatic heterocycles. The Morgan fingerprint density at radius 1 is 1.43 bits per heavy atom. The van der Waals surface area contributed by atoms with Crippen LogP contribution in [0.25, 0.3) is 11.2 Å². The zero-order chi connectivity index (χ0) is 15.9. The predicted molar refractivity (Wildman–Crippen MR) is 86.3 cm³/mol. The first-order valence-electron chi connectivity index (χ1n) is 6.37. The van der Waals surface area contributed by atoms with Crippen LogP contribution >= 0.6 is 31.8 Å². The van der Waals surface area contributed by atoms with Gasteiger partial charge < -0.3 is 20.1 Å². The lowest BCUT2D eigenvalue weighted by Gasteiger charge is -2.14. The van der Waals surface area contributed by atoms with E-state index < -0.39 is 7.82 Å². The van der Waals surface area contributed by atoms with Gasteiger partial charge in [0.1, 0.15) is 5.52 Å². The Morgan fingerprint density at radius 3 is 2.87 bits per heavy atom. The number of hydrogen-bond acceptors (Lipinski definition) is 6. The summed E-state index contributed by atoms with van der Waals surface area (Å²) in [7, 11) is -4.46. The van der Waals surface area contributed by atoms with E-state index in [9.17, 15) is 4.57 Å². The van der Waals surface area contributed by atoms with Crippen LogP contribution in [0.4, 0.5) is 5.95 Å². The monoisotopic (exact) mass is 381 g/mol. The Labute approximate surface area is 142 Å². The van der Waals surface area contributed by atoms with Gasteiger partial charge in [-0.25, -0.2) is 9.55 Å². The average Bonchev–Trinajstić information content (AvgIpc) is 3.01. The number of allylic oxidation sites excluding steroid dienone is 1. The van der Waals surface area contributed by atoms with Crippen LogP contribution in [-0.4, -0.2) is 35.9 Å². The van der Waals surface area contributed by atoms with Crippen molar-refractivity contribution in [1.82, 2.24) is 19.5 Å². The normalized spacial score (nSPS) is 20.8. The van der Waals surface area contributed by atoms with E-state index in [4.69, 9.17) is 27.1 Å². The van der Waals surface area contributed by atoms with Crippen LogP contribution in [-0.2, 0) is 9.09 Å². The zero-order valence-corrected chi connectivity index (χ0v) is 14.1. The lowest BCUT2D eigenvalue weighted by Crippen LogP contribution is -2.10. The van der Waals surface area contributed by atoms with E-state index in [0.29, 0.717) is 17.6 Å². The minimum Gasteiger partial charge on any atom is -0.368 e. The molecule has 23 heavy (non-hydrogen) atoms. The quantitative estimate of drug-likeness (QED) is 0.413. The lowest BCUT2D eigenvalue weighted by molar-refractivity contribution is 0.177. The molecule has 0 amide bonds. The van der Waals surface area contributed by atoms with Crippen LogP contribution in [0, 0.1) is 5.92 Å². The van der Waals surface area contributed by atoms with Crippen molar-refractivity contribution in [2.45, 2.75) is 12.5 Å². The first kappa shape index (κ1) is 18.1. The molecule has 1 aliphatic carbocycles. The molecule has 3 rings (SSSR count). The van der Waals surface area contributed by atoms with E-state index in [1.54, 1.807) is 10.9 Å². The summed E-state index contributed by atoms with van der Waals surface area (Å²) < 4.78 is 17.1. The Bertz CT molecular complexity index is 792. The van der Waals surface area contributed by atoms with Gasteiger partial charge in [0.25, 0.3) is 0 Å². The summed E-state index contributed by atoms with van der Waals surface area (Å²) >= 11 is 5.98. The Hall–Kier alpha value is -1.22. The Morgan fingerprint density at radius 2 is 2.17 bits per heavy atom. The fourth-order valence-electron chi connectivity index (χ4n) is 2.42. The number of fused-ring (bicyclic) bond motifs is 1. The summed E-state index contributed by atoms with van der Waals surface area (Å²) in [6, 6.07) is -0.0688. The number of anilines is 1. The summed E-state index contributed by atoms with van der Waals surface area (Å²) in [6.07, 6.45) is 5.94. The highest BCUT2D eigenvalue weighted by Gasteiger charge is 2.25. The average molecular weight is 382 g/mol.